The molecular formula is C19H16N8O2. The van der Waals surface area contributed by atoms with Crippen molar-refractivity contribution in [2.45, 2.75) is 6.54 Å². The van der Waals surface area contributed by atoms with E-state index < -0.39 is 0 Å². The van der Waals surface area contributed by atoms with E-state index in [-0.39, 0.29) is 18.1 Å². The highest BCUT2D eigenvalue weighted by atomic mass is 16.5. The third kappa shape index (κ3) is 4.21. The minimum atomic E-state index is -0.354. The molecule has 1 aromatic carbocycles. The first-order valence-corrected chi connectivity index (χ1v) is 8.65. The van der Waals surface area contributed by atoms with Gasteiger partial charge in [-0.3, -0.25) is 4.79 Å². The highest BCUT2D eigenvalue weighted by molar-refractivity contribution is 5.92. The van der Waals surface area contributed by atoms with Crippen LogP contribution in [0, 0.1) is 0 Å². The minimum absolute atomic E-state index is 0.193. The molecule has 4 aromatic rings. The summed E-state index contributed by atoms with van der Waals surface area (Å²) in [6.07, 6.45) is 4.36. The molecule has 0 saturated carbocycles. The lowest BCUT2D eigenvalue weighted by molar-refractivity contribution is 0.0944. The van der Waals surface area contributed by atoms with Crippen LogP contribution in [0.3, 0.4) is 0 Å². The average Bonchev–Trinajstić information content (AvgIpc) is 3.33. The molecule has 10 nitrogen and oxygen atoms in total. The Hall–Kier alpha value is -4.21. The van der Waals surface area contributed by atoms with Crippen LogP contribution in [0.1, 0.15) is 16.2 Å². The van der Waals surface area contributed by atoms with Crippen LogP contribution in [-0.4, -0.2) is 47.9 Å². The van der Waals surface area contributed by atoms with Crippen LogP contribution < -0.4 is 10.1 Å². The molecule has 3 heterocycles. The van der Waals surface area contributed by atoms with E-state index in [0.717, 1.165) is 17.0 Å². The van der Waals surface area contributed by atoms with Crippen LogP contribution >= 0.6 is 0 Å². The molecule has 10 heteroatoms. The number of rotatable bonds is 6. The topological polar surface area (TPSA) is 121 Å². The van der Waals surface area contributed by atoms with Gasteiger partial charge in [-0.15, -0.1) is 10.2 Å². The summed E-state index contributed by atoms with van der Waals surface area (Å²) in [4.78, 5) is 24.7. The molecule has 0 aliphatic rings. The van der Waals surface area contributed by atoms with E-state index in [0.29, 0.717) is 11.5 Å². The van der Waals surface area contributed by atoms with Gasteiger partial charge in [-0.2, -0.15) is 5.10 Å². The third-order valence-electron chi connectivity index (χ3n) is 4.08. The Morgan fingerprint density at radius 2 is 1.93 bits per heavy atom. The summed E-state index contributed by atoms with van der Waals surface area (Å²) in [6.45, 7) is 0.233. The van der Waals surface area contributed by atoms with Crippen LogP contribution in [0.2, 0.25) is 0 Å². The number of ether oxygens (including phenoxy) is 1. The smallest absolute Gasteiger partial charge is 0.272 e. The fourth-order valence-electron chi connectivity index (χ4n) is 2.57. The highest BCUT2D eigenvalue weighted by Gasteiger charge is 2.10. The van der Waals surface area contributed by atoms with E-state index >= 15 is 0 Å². The van der Waals surface area contributed by atoms with E-state index in [1.165, 1.54) is 23.7 Å². The lowest BCUT2D eigenvalue weighted by atomic mass is 10.1. The zero-order valence-corrected chi connectivity index (χ0v) is 15.4. The molecule has 0 unspecified atom stereocenters. The van der Waals surface area contributed by atoms with E-state index in [1.807, 2.05) is 30.3 Å². The van der Waals surface area contributed by atoms with Gasteiger partial charge in [0.05, 0.1) is 25.0 Å². The van der Waals surface area contributed by atoms with Crippen molar-refractivity contribution in [2.75, 3.05) is 7.11 Å². The van der Waals surface area contributed by atoms with Gasteiger partial charge in [0, 0.05) is 5.56 Å². The average molecular weight is 388 g/mol. The minimum Gasteiger partial charge on any atom is -0.497 e. The standard InChI is InChI=1S/C19H16N8O2/c1-29-15-4-2-13(3-5-15)17-8-14(22-11-23-17)9-21-19(28)16-6-7-18(26-25-16)27-12-20-10-24-27/h2-8,10-12H,9H2,1H3,(H,21,28). The van der Waals surface area contributed by atoms with Gasteiger partial charge in [0.25, 0.3) is 5.91 Å². The lowest BCUT2D eigenvalue weighted by Gasteiger charge is -2.07. The summed E-state index contributed by atoms with van der Waals surface area (Å²) < 4.78 is 6.62. The number of carbonyl (C=O) groups excluding carboxylic acids is 1. The molecule has 0 aliphatic heterocycles. The number of methoxy groups -OCH3 is 1. The van der Waals surface area contributed by atoms with Gasteiger partial charge in [-0.1, -0.05) is 0 Å². The summed E-state index contributed by atoms with van der Waals surface area (Å²) >= 11 is 0. The van der Waals surface area contributed by atoms with Gasteiger partial charge < -0.3 is 10.1 Å². The second kappa shape index (κ2) is 8.21. The molecule has 1 amide bonds. The van der Waals surface area contributed by atoms with Gasteiger partial charge >= 0.3 is 0 Å². The van der Waals surface area contributed by atoms with E-state index in [4.69, 9.17) is 4.74 Å². The van der Waals surface area contributed by atoms with Gasteiger partial charge in [0.15, 0.2) is 11.5 Å². The first kappa shape index (κ1) is 18.2. The molecule has 3 aromatic heterocycles. The fourth-order valence-corrected chi connectivity index (χ4v) is 2.57. The first-order chi connectivity index (χ1) is 14.2. The molecule has 4 rings (SSSR count). The zero-order valence-electron chi connectivity index (χ0n) is 15.4. The van der Waals surface area contributed by atoms with Crippen LogP contribution in [0.5, 0.6) is 5.75 Å². The predicted molar refractivity (Wildman–Crippen MR) is 102 cm³/mol. The van der Waals surface area contributed by atoms with Crippen LogP contribution in [0.4, 0.5) is 0 Å². The van der Waals surface area contributed by atoms with E-state index in [1.54, 1.807) is 19.2 Å². The Kier molecular flexibility index (Phi) is 5.14. The maximum Gasteiger partial charge on any atom is 0.272 e. The van der Waals surface area contributed by atoms with Crippen molar-refractivity contribution in [1.29, 1.82) is 0 Å². The van der Waals surface area contributed by atoms with Gasteiger partial charge in [0.2, 0.25) is 0 Å². The molecule has 1 N–H and O–H groups in total. The maximum absolute atomic E-state index is 12.3. The molecule has 0 saturated heterocycles. The third-order valence-corrected chi connectivity index (χ3v) is 4.08. The summed E-state index contributed by atoms with van der Waals surface area (Å²) in [7, 11) is 1.62. The number of hydrogen-bond acceptors (Lipinski definition) is 8. The van der Waals surface area contributed by atoms with E-state index in [9.17, 15) is 4.79 Å². The van der Waals surface area contributed by atoms with Crippen LogP contribution in [0.25, 0.3) is 17.1 Å². The van der Waals surface area contributed by atoms with Crippen LogP contribution in [0.15, 0.2) is 61.4 Å². The first-order valence-electron chi connectivity index (χ1n) is 8.65. The molecule has 0 spiro atoms. The fraction of sp³-hybridized carbons (Fsp3) is 0.105. The van der Waals surface area contributed by atoms with Crippen molar-refractivity contribution in [2.24, 2.45) is 0 Å². The van der Waals surface area contributed by atoms with Crippen molar-refractivity contribution in [3.8, 4) is 22.8 Å². The van der Waals surface area contributed by atoms with Crippen molar-refractivity contribution in [1.82, 2.24) is 40.2 Å². The summed E-state index contributed by atoms with van der Waals surface area (Å²) in [5, 5.41) is 14.7. The van der Waals surface area contributed by atoms with Crippen molar-refractivity contribution in [3.63, 3.8) is 0 Å². The number of amides is 1. The monoisotopic (exact) mass is 388 g/mol. The van der Waals surface area contributed by atoms with Crippen molar-refractivity contribution >= 4 is 5.91 Å². The lowest BCUT2D eigenvalue weighted by Crippen LogP contribution is -2.24. The molecule has 0 atom stereocenters. The molecule has 0 radical (unpaired) electrons. The number of aromatic nitrogens is 7. The quantitative estimate of drug-likeness (QED) is 0.527. The number of benzene rings is 1. The SMILES string of the molecule is COc1ccc(-c2cc(CNC(=O)c3ccc(-n4cncn4)nn3)ncn2)cc1. The molecule has 0 aliphatic carbocycles. The summed E-state index contributed by atoms with van der Waals surface area (Å²) in [6, 6.07) is 12.6. The second-order valence-corrected chi connectivity index (χ2v) is 5.92. The highest BCUT2D eigenvalue weighted by Crippen LogP contribution is 2.20. The second-order valence-electron chi connectivity index (χ2n) is 5.92. The number of hydrogen-bond donors (Lipinski definition) is 1. The van der Waals surface area contributed by atoms with Crippen molar-refractivity contribution < 1.29 is 9.53 Å². The zero-order chi connectivity index (χ0) is 20.1. The number of nitrogens with zero attached hydrogens (tertiary/aromatic N) is 7. The summed E-state index contributed by atoms with van der Waals surface area (Å²) in [5.41, 5.74) is 2.55. The molecule has 0 bridgehead atoms. The molecule has 0 fully saturated rings. The summed E-state index contributed by atoms with van der Waals surface area (Å²) in [5.74, 6) is 0.887. The Morgan fingerprint density at radius 3 is 2.62 bits per heavy atom. The predicted octanol–water partition coefficient (Wildman–Crippen LogP) is 1.45. The largest absolute Gasteiger partial charge is 0.497 e. The van der Waals surface area contributed by atoms with Gasteiger partial charge in [-0.25, -0.2) is 19.6 Å². The van der Waals surface area contributed by atoms with Gasteiger partial charge in [0.1, 0.15) is 24.7 Å². The van der Waals surface area contributed by atoms with Crippen LogP contribution in [-0.2, 0) is 6.54 Å². The Bertz CT molecular complexity index is 1100. The normalized spacial score (nSPS) is 10.5. The van der Waals surface area contributed by atoms with E-state index in [2.05, 4.69) is 35.6 Å². The molecule has 144 valence electrons. The molecular weight excluding hydrogens is 372 g/mol. The van der Waals surface area contributed by atoms with Gasteiger partial charge in [-0.05, 0) is 42.5 Å². The Balaban J connectivity index is 1.41. The Labute approximate surface area is 165 Å². The molecule has 29 heavy (non-hydrogen) atoms. The Morgan fingerprint density at radius 1 is 1.07 bits per heavy atom. The van der Waals surface area contributed by atoms with Crippen molar-refractivity contribution in [3.05, 3.63) is 72.8 Å². The maximum atomic E-state index is 12.3. The number of carbonyl (C=O) groups is 1. The number of nitrogens with one attached hydrogen (secondary N) is 1.